The Balaban J connectivity index is 1.77. The Morgan fingerprint density at radius 1 is 0.815 bits per heavy atom. The van der Waals surface area contributed by atoms with E-state index in [2.05, 4.69) is 15.6 Å². The second-order valence-corrected chi connectivity index (χ2v) is 6.11. The number of pyridine rings is 1. The molecule has 136 valence electrons. The van der Waals surface area contributed by atoms with Crippen molar-refractivity contribution >= 4 is 23.2 Å². The molecule has 0 atom stereocenters. The van der Waals surface area contributed by atoms with Gasteiger partial charge in [-0.3, -0.25) is 9.59 Å². The summed E-state index contributed by atoms with van der Waals surface area (Å²) < 4.78 is 13.7. The second kappa shape index (κ2) is 7.78. The Bertz CT molecular complexity index is 1020. The maximum Gasteiger partial charge on any atom is 0.274 e. The van der Waals surface area contributed by atoms with Gasteiger partial charge in [-0.15, -0.1) is 0 Å². The molecule has 0 unspecified atom stereocenters. The van der Waals surface area contributed by atoms with Crippen molar-refractivity contribution in [3.05, 3.63) is 89.0 Å². The van der Waals surface area contributed by atoms with Gasteiger partial charge in [0.1, 0.15) is 17.2 Å². The van der Waals surface area contributed by atoms with Gasteiger partial charge < -0.3 is 10.6 Å². The summed E-state index contributed by atoms with van der Waals surface area (Å²) in [7, 11) is 0. The number of carbonyl (C=O) groups is 2. The van der Waals surface area contributed by atoms with E-state index in [0.717, 1.165) is 11.1 Å². The minimum Gasteiger partial charge on any atom is -0.320 e. The van der Waals surface area contributed by atoms with Crippen molar-refractivity contribution in [2.75, 3.05) is 10.6 Å². The molecule has 0 aliphatic carbocycles. The third-order valence-electron chi connectivity index (χ3n) is 3.97. The highest BCUT2D eigenvalue weighted by molar-refractivity contribution is 6.06. The van der Waals surface area contributed by atoms with Crippen LogP contribution in [0.5, 0.6) is 0 Å². The molecule has 0 radical (unpaired) electrons. The van der Waals surface area contributed by atoms with Crippen molar-refractivity contribution in [1.82, 2.24) is 4.98 Å². The van der Waals surface area contributed by atoms with Crippen LogP contribution in [0.2, 0.25) is 0 Å². The van der Waals surface area contributed by atoms with Crippen LogP contribution in [0, 0.1) is 19.7 Å². The fourth-order valence-electron chi connectivity index (χ4n) is 2.58. The lowest BCUT2D eigenvalue weighted by molar-refractivity contribution is 0.101. The molecule has 27 heavy (non-hydrogen) atoms. The summed E-state index contributed by atoms with van der Waals surface area (Å²) in [6, 6.07) is 16.0. The average molecular weight is 363 g/mol. The number of carbonyl (C=O) groups excluding carboxylic acids is 2. The Morgan fingerprint density at radius 3 is 2.07 bits per heavy atom. The van der Waals surface area contributed by atoms with Gasteiger partial charge in [0, 0.05) is 5.69 Å². The first-order valence-corrected chi connectivity index (χ1v) is 8.35. The van der Waals surface area contributed by atoms with E-state index < -0.39 is 17.6 Å². The van der Waals surface area contributed by atoms with Gasteiger partial charge in [0.2, 0.25) is 0 Å². The fraction of sp³-hybridized carbons (Fsp3) is 0.0952. The SMILES string of the molecule is Cc1ccc(NC(=O)c2cccc(C(=O)Nc3ccccc3F)n2)c(C)c1. The maximum absolute atomic E-state index is 13.7. The Labute approximate surface area is 156 Å². The quantitative estimate of drug-likeness (QED) is 0.724. The van der Waals surface area contributed by atoms with Gasteiger partial charge >= 0.3 is 0 Å². The molecule has 5 nitrogen and oxygen atoms in total. The van der Waals surface area contributed by atoms with Crippen LogP contribution in [0.3, 0.4) is 0 Å². The van der Waals surface area contributed by atoms with E-state index in [0.29, 0.717) is 5.69 Å². The van der Waals surface area contributed by atoms with Gasteiger partial charge in [-0.1, -0.05) is 35.9 Å². The smallest absolute Gasteiger partial charge is 0.274 e. The number of rotatable bonds is 4. The molecule has 0 spiro atoms. The van der Waals surface area contributed by atoms with Gasteiger partial charge in [0.05, 0.1) is 5.69 Å². The molecule has 0 bridgehead atoms. The molecule has 1 heterocycles. The number of aromatic nitrogens is 1. The molecule has 2 N–H and O–H groups in total. The zero-order valence-corrected chi connectivity index (χ0v) is 14.9. The third-order valence-corrected chi connectivity index (χ3v) is 3.97. The van der Waals surface area contributed by atoms with Crippen LogP contribution < -0.4 is 10.6 Å². The summed E-state index contributed by atoms with van der Waals surface area (Å²) in [4.78, 5) is 28.9. The summed E-state index contributed by atoms with van der Waals surface area (Å²) >= 11 is 0. The molecular weight excluding hydrogens is 345 g/mol. The highest BCUT2D eigenvalue weighted by Crippen LogP contribution is 2.17. The molecule has 0 aliphatic heterocycles. The number of aryl methyl sites for hydroxylation is 2. The topological polar surface area (TPSA) is 71.1 Å². The average Bonchev–Trinajstić information content (AvgIpc) is 2.66. The summed E-state index contributed by atoms with van der Waals surface area (Å²) in [6.07, 6.45) is 0. The first kappa shape index (κ1) is 18.3. The van der Waals surface area contributed by atoms with E-state index in [4.69, 9.17) is 0 Å². The number of para-hydroxylation sites is 1. The number of hydrogen-bond donors (Lipinski definition) is 2. The van der Waals surface area contributed by atoms with Crippen molar-refractivity contribution < 1.29 is 14.0 Å². The third kappa shape index (κ3) is 4.36. The number of anilines is 2. The number of halogens is 1. The molecular formula is C21H18FN3O2. The molecule has 6 heteroatoms. The van der Waals surface area contributed by atoms with Gasteiger partial charge in [0.15, 0.2) is 0 Å². The molecule has 1 aromatic heterocycles. The Morgan fingerprint density at radius 2 is 1.44 bits per heavy atom. The summed E-state index contributed by atoms with van der Waals surface area (Å²) in [5, 5.41) is 5.24. The van der Waals surface area contributed by atoms with Crippen LogP contribution in [-0.4, -0.2) is 16.8 Å². The Hall–Kier alpha value is -3.54. The van der Waals surface area contributed by atoms with E-state index in [9.17, 15) is 14.0 Å². The molecule has 3 rings (SSSR count). The van der Waals surface area contributed by atoms with Gasteiger partial charge in [-0.25, -0.2) is 9.37 Å². The predicted octanol–water partition coefficient (Wildman–Crippen LogP) is 4.34. The van der Waals surface area contributed by atoms with Crippen LogP contribution in [0.25, 0.3) is 0 Å². The zero-order valence-electron chi connectivity index (χ0n) is 14.9. The van der Waals surface area contributed by atoms with Crippen LogP contribution in [0.15, 0.2) is 60.7 Å². The molecule has 3 aromatic rings. The first-order chi connectivity index (χ1) is 12.9. The lowest BCUT2D eigenvalue weighted by Crippen LogP contribution is -2.19. The van der Waals surface area contributed by atoms with E-state index in [1.165, 1.54) is 30.3 Å². The molecule has 2 amide bonds. The number of amides is 2. The molecule has 0 fully saturated rings. The predicted molar refractivity (Wildman–Crippen MR) is 102 cm³/mol. The van der Waals surface area contributed by atoms with Gasteiger partial charge in [-0.05, 0) is 49.7 Å². The minimum absolute atomic E-state index is 0.0199. The van der Waals surface area contributed by atoms with Crippen molar-refractivity contribution in [3.8, 4) is 0 Å². The summed E-state index contributed by atoms with van der Waals surface area (Å²) in [5.41, 5.74) is 2.86. The molecule has 0 aliphatic rings. The normalized spacial score (nSPS) is 10.3. The molecule has 0 saturated carbocycles. The highest BCUT2D eigenvalue weighted by Gasteiger charge is 2.14. The lowest BCUT2D eigenvalue weighted by Gasteiger charge is -2.10. The standard InChI is InChI=1S/C21H18FN3O2/c1-13-10-11-16(14(2)12-13)24-20(26)18-8-5-9-19(23-18)21(27)25-17-7-4-3-6-15(17)22/h3-12H,1-2H3,(H,24,26)(H,25,27). The molecule has 0 saturated heterocycles. The van der Waals surface area contributed by atoms with Crippen LogP contribution in [-0.2, 0) is 0 Å². The largest absolute Gasteiger partial charge is 0.320 e. The van der Waals surface area contributed by atoms with E-state index >= 15 is 0 Å². The van der Waals surface area contributed by atoms with Gasteiger partial charge in [0.25, 0.3) is 11.8 Å². The summed E-state index contributed by atoms with van der Waals surface area (Å²) in [5.74, 6) is -1.57. The van der Waals surface area contributed by atoms with E-state index in [-0.39, 0.29) is 17.1 Å². The van der Waals surface area contributed by atoms with Gasteiger partial charge in [-0.2, -0.15) is 0 Å². The lowest BCUT2D eigenvalue weighted by atomic mass is 10.1. The van der Waals surface area contributed by atoms with E-state index in [1.54, 1.807) is 12.1 Å². The van der Waals surface area contributed by atoms with Crippen molar-refractivity contribution in [2.45, 2.75) is 13.8 Å². The second-order valence-electron chi connectivity index (χ2n) is 6.11. The number of nitrogens with zero attached hydrogens (tertiary/aromatic N) is 1. The van der Waals surface area contributed by atoms with E-state index in [1.807, 2.05) is 32.0 Å². The minimum atomic E-state index is -0.596. The Kier molecular flexibility index (Phi) is 5.26. The van der Waals surface area contributed by atoms with Crippen molar-refractivity contribution in [1.29, 1.82) is 0 Å². The van der Waals surface area contributed by atoms with Crippen LogP contribution in [0.1, 0.15) is 32.1 Å². The number of hydrogen-bond acceptors (Lipinski definition) is 3. The maximum atomic E-state index is 13.7. The first-order valence-electron chi connectivity index (χ1n) is 8.35. The van der Waals surface area contributed by atoms with Crippen molar-refractivity contribution in [2.24, 2.45) is 0 Å². The molecule has 2 aromatic carbocycles. The van der Waals surface area contributed by atoms with Crippen LogP contribution in [0.4, 0.5) is 15.8 Å². The number of benzene rings is 2. The number of nitrogens with one attached hydrogen (secondary N) is 2. The monoisotopic (exact) mass is 363 g/mol. The van der Waals surface area contributed by atoms with Crippen molar-refractivity contribution in [3.63, 3.8) is 0 Å². The highest BCUT2D eigenvalue weighted by atomic mass is 19.1. The van der Waals surface area contributed by atoms with Crippen LogP contribution >= 0.6 is 0 Å². The zero-order chi connectivity index (χ0) is 19.4. The fourth-order valence-corrected chi connectivity index (χ4v) is 2.58. The summed E-state index contributed by atoms with van der Waals surface area (Å²) in [6.45, 7) is 3.87.